The second kappa shape index (κ2) is 4.34. The first-order chi connectivity index (χ1) is 9.61. The summed E-state index contributed by atoms with van der Waals surface area (Å²) in [5.41, 5.74) is 3.07. The lowest BCUT2D eigenvalue weighted by Crippen LogP contribution is -2.44. The van der Waals surface area contributed by atoms with Crippen molar-refractivity contribution in [2.24, 2.45) is 23.7 Å². The van der Waals surface area contributed by atoms with Crippen LogP contribution >= 0.6 is 0 Å². The standard InChI is InChI=1S/C18H22O2/c1-10-2-3-13(18(19)20)9-16(10)17-14-5-11-4-12(7-14)8-15(17)6-11/h2-3,9,11-12,14-15,17H,4-8H2,1H3,(H,19,20). The summed E-state index contributed by atoms with van der Waals surface area (Å²) >= 11 is 0. The number of aryl methyl sites for hydroxylation is 1. The number of carboxylic acids is 1. The van der Waals surface area contributed by atoms with Gasteiger partial charge in [-0.1, -0.05) is 6.07 Å². The molecule has 106 valence electrons. The van der Waals surface area contributed by atoms with Gasteiger partial charge in [0.2, 0.25) is 0 Å². The van der Waals surface area contributed by atoms with Crippen LogP contribution in [0.5, 0.6) is 0 Å². The molecular weight excluding hydrogens is 248 g/mol. The number of benzene rings is 1. The molecule has 5 rings (SSSR count). The van der Waals surface area contributed by atoms with Crippen LogP contribution in [0.3, 0.4) is 0 Å². The summed E-state index contributed by atoms with van der Waals surface area (Å²) < 4.78 is 0. The minimum atomic E-state index is -0.796. The monoisotopic (exact) mass is 270 g/mol. The average Bonchev–Trinajstić information content (AvgIpc) is 2.39. The van der Waals surface area contributed by atoms with Gasteiger partial charge < -0.3 is 5.11 Å². The zero-order chi connectivity index (χ0) is 13.9. The van der Waals surface area contributed by atoms with Gasteiger partial charge in [-0.3, -0.25) is 0 Å². The molecule has 4 aliphatic carbocycles. The zero-order valence-electron chi connectivity index (χ0n) is 12.0. The van der Waals surface area contributed by atoms with Crippen molar-refractivity contribution in [2.75, 3.05) is 0 Å². The molecule has 0 atom stereocenters. The molecule has 20 heavy (non-hydrogen) atoms. The van der Waals surface area contributed by atoms with E-state index in [9.17, 15) is 9.90 Å². The Labute approximate surface area is 120 Å². The molecule has 2 nitrogen and oxygen atoms in total. The second-order valence-corrected chi connectivity index (χ2v) is 7.33. The predicted molar refractivity (Wildman–Crippen MR) is 77.9 cm³/mol. The van der Waals surface area contributed by atoms with Crippen LogP contribution in [0, 0.1) is 30.6 Å². The third-order valence-electron chi connectivity index (χ3n) is 6.11. The molecule has 1 N–H and O–H groups in total. The van der Waals surface area contributed by atoms with E-state index in [-0.39, 0.29) is 0 Å². The quantitative estimate of drug-likeness (QED) is 0.873. The molecule has 0 aliphatic heterocycles. The fraction of sp³-hybridized carbons (Fsp3) is 0.611. The first kappa shape index (κ1) is 12.4. The van der Waals surface area contributed by atoms with Crippen LogP contribution in [0.1, 0.15) is 59.5 Å². The fourth-order valence-electron chi connectivity index (χ4n) is 5.57. The highest BCUT2D eigenvalue weighted by molar-refractivity contribution is 5.88. The van der Waals surface area contributed by atoms with Crippen molar-refractivity contribution in [1.29, 1.82) is 0 Å². The first-order valence-corrected chi connectivity index (χ1v) is 7.95. The van der Waals surface area contributed by atoms with Crippen molar-refractivity contribution >= 4 is 5.97 Å². The summed E-state index contributed by atoms with van der Waals surface area (Å²) in [7, 11) is 0. The third-order valence-corrected chi connectivity index (χ3v) is 6.11. The van der Waals surface area contributed by atoms with Crippen LogP contribution in [0.15, 0.2) is 18.2 Å². The van der Waals surface area contributed by atoms with Gasteiger partial charge in [-0.2, -0.15) is 0 Å². The lowest BCUT2D eigenvalue weighted by Gasteiger charge is -2.55. The van der Waals surface area contributed by atoms with Crippen molar-refractivity contribution in [3.8, 4) is 0 Å². The molecule has 0 amide bonds. The molecule has 1 aromatic rings. The first-order valence-electron chi connectivity index (χ1n) is 7.95. The van der Waals surface area contributed by atoms with E-state index in [4.69, 9.17) is 0 Å². The summed E-state index contributed by atoms with van der Waals surface area (Å²) in [5, 5.41) is 9.25. The van der Waals surface area contributed by atoms with E-state index in [1.165, 1.54) is 43.2 Å². The molecule has 1 aromatic carbocycles. The van der Waals surface area contributed by atoms with E-state index in [1.807, 2.05) is 12.1 Å². The third kappa shape index (κ3) is 1.81. The Hall–Kier alpha value is -1.31. The van der Waals surface area contributed by atoms with Crippen molar-refractivity contribution < 1.29 is 9.90 Å². The fourth-order valence-corrected chi connectivity index (χ4v) is 5.57. The molecule has 4 aliphatic rings. The number of hydrogen-bond donors (Lipinski definition) is 1. The Bertz CT molecular complexity index is 533. The molecule has 0 saturated heterocycles. The molecule has 0 radical (unpaired) electrons. The van der Waals surface area contributed by atoms with Crippen LogP contribution in [0.2, 0.25) is 0 Å². The lowest BCUT2D eigenvalue weighted by molar-refractivity contribution is -0.00302. The summed E-state index contributed by atoms with van der Waals surface area (Å²) in [6.45, 7) is 2.14. The van der Waals surface area contributed by atoms with Gasteiger partial charge in [0, 0.05) is 0 Å². The Balaban J connectivity index is 1.74. The molecule has 4 bridgehead atoms. The molecule has 0 aromatic heterocycles. The summed E-state index contributed by atoms with van der Waals surface area (Å²) in [4.78, 5) is 11.3. The van der Waals surface area contributed by atoms with Crippen LogP contribution in [-0.4, -0.2) is 11.1 Å². The maximum atomic E-state index is 11.3. The van der Waals surface area contributed by atoms with Crippen molar-refractivity contribution in [3.05, 3.63) is 34.9 Å². The highest BCUT2D eigenvalue weighted by Gasteiger charge is 2.48. The van der Waals surface area contributed by atoms with Gasteiger partial charge in [0.15, 0.2) is 0 Å². The SMILES string of the molecule is Cc1ccc(C(=O)O)cc1C1C2CC3CC(C2)CC1C3. The van der Waals surface area contributed by atoms with E-state index >= 15 is 0 Å². The highest BCUT2D eigenvalue weighted by Crippen LogP contribution is 2.60. The molecule has 0 heterocycles. The second-order valence-electron chi connectivity index (χ2n) is 7.33. The number of carbonyl (C=O) groups is 1. The van der Waals surface area contributed by atoms with E-state index in [0.29, 0.717) is 11.5 Å². The Morgan fingerprint density at radius 1 is 1.05 bits per heavy atom. The molecule has 0 spiro atoms. The Morgan fingerprint density at radius 3 is 2.20 bits per heavy atom. The summed E-state index contributed by atoms with van der Waals surface area (Å²) in [6.07, 6.45) is 7.00. The topological polar surface area (TPSA) is 37.3 Å². The maximum absolute atomic E-state index is 11.3. The molecule has 0 unspecified atom stereocenters. The largest absolute Gasteiger partial charge is 0.478 e. The van der Waals surface area contributed by atoms with Crippen LogP contribution in [0.25, 0.3) is 0 Å². The van der Waals surface area contributed by atoms with Gasteiger partial charge in [-0.15, -0.1) is 0 Å². The van der Waals surface area contributed by atoms with Gasteiger partial charge in [0.25, 0.3) is 0 Å². The number of rotatable bonds is 2. The molecule has 4 fully saturated rings. The van der Waals surface area contributed by atoms with E-state index in [1.54, 1.807) is 6.07 Å². The molecular formula is C18H22O2. The normalized spacial score (nSPS) is 38.1. The van der Waals surface area contributed by atoms with Crippen LogP contribution in [-0.2, 0) is 0 Å². The number of carboxylic acid groups (broad SMARTS) is 1. The van der Waals surface area contributed by atoms with Gasteiger partial charge in [-0.25, -0.2) is 4.79 Å². The lowest BCUT2D eigenvalue weighted by atomic mass is 9.50. The maximum Gasteiger partial charge on any atom is 0.335 e. The van der Waals surface area contributed by atoms with Gasteiger partial charge in [0.05, 0.1) is 5.56 Å². The van der Waals surface area contributed by atoms with Crippen molar-refractivity contribution in [2.45, 2.75) is 44.9 Å². The van der Waals surface area contributed by atoms with Crippen LogP contribution in [0.4, 0.5) is 0 Å². The highest BCUT2D eigenvalue weighted by atomic mass is 16.4. The van der Waals surface area contributed by atoms with Gasteiger partial charge in [0.1, 0.15) is 0 Å². The number of hydrogen-bond acceptors (Lipinski definition) is 1. The van der Waals surface area contributed by atoms with Crippen molar-refractivity contribution in [3.63, 3.8) is 0 Å². The summed E-state index contributed by atoms with van der Waals surface area (Å²) in [6, 6.07) is 5.71. The number of aromatic carboxylic acids is 1. The Morgan fingerprint density at radius 2 is 1.65 bits per heavy atom. The van der Waals surface area contributed by atoms with Crippen LogP contribution < -0.4 is 0 Å². The van der Waals surface area contributed by atoms with Gasteiger partial charge >= 0.3 is 5.97 Å². The molecule has 4 saturated carbocycles. The minimum Gasteiger partial charge on any atom is -0.478 e. The summed E-state index contributed by atoms with van der Waals surface area (Å²) in [5.74, 6) is 3.40. The van der Waals surface area contributed by atoms with E-state index in [2.05, 4.69) is 6.92 Å². The molecule has 2 heteroatoms. The van der Waals surface area contributed by atoms with E-state index < -0.39 is 5.97 Å². The van der Waals surface area contributed by atoms with E-state index in [0.717, 1.165) is 23.7 Å². The smallest absolute Gasteiger partial charge is 0.335 e. The Kier molecular flexibility index (Phi) is 2.70. The minimum absolute atomic E-state index is 0.458. The average molecular weight is 270 g/mol. The van der Waals surface area contributed by atoms with Gasteiger partial charge in [-0.05, 0) is 91.9 Å². The zero-order valence-corrected chi connectivity index (χ0v) is 12.0. The predicted octanol–water partition coefficient (Wildman–Crippen LogP) is 4.23. The van der Waals surface area contributed by atoms with Crippen molar-refractivity contribution in [1.82, 2.24) is 0 Å².